The molecule has 0 unspecified atom stereocenters. The van der Waals surface area contributed by atoms with Crippen LogP contribution in [-0.4, -0.2) is 27.8 Å². The second-order valence-corrected chi connectivity index (χ2v) is 5.20. The maximum Gasteiger partial charge on any atom is 0.213 e. The van der Waals surface area contributed by atoms with Gasteiger partial charge in [-0.15, -0.1) is 0 Å². The highest BCUT2D eigenvalue weighted by molar-refractivity contribution is 9.10. The highest BCUT2D eigenvalue weighted by Gasteiger charge is 2.12. The first-order valence-corrected chi connectivity index (χ1v) is 7.25. The van der Waals surface area contributed by atoms with Crippen LogP contribution in [0.1, 0.15) is 16.1 Å². The zero-order valence-electron chi connectivity index (χ0n) is 11.7. The Labute approximate surface area is 134 Å². The van der Waals surface area contributed by atoms with Crippen molar-refractivity contribution in [3.05, 3.63) is 52.5 Å². The normalized spacial score (nSPS) is 10.6. The third kappa shape index (κ3) is 2.67. The van der Waals surface area contributed by atoms with Gasteiger partial charge in [0.15, 0.2) is 6.29 Å². The number of carbonyl (C=O) groups excluding carboxylic acids is 1. The van der Waals surface area contributed by atoms with Crippen LogP contribution in [0.15, 0.2) is 41.3 Å². The topological polar surface area (TPSA) is 65.7 Å². The molecule has 0 N–H and O–H groups in total. The average Bonchev–Trinajstić information content (AvgIpc) is 2.89. The Morgan fingerprint density at radius 1 is 1.41 bits per heavy atom. The molecule has 0 aromatic carbocycles. The Balaban J connectivity index is 1.85. The second kappa shape index (κ2) is 6.15. The number of ether oxygens (including phenoxy) is 2. The van der Waals surface area contributed by atoms with Crippen molar-refractivity contribution in [2.24, 2.45) is 0 Å². The largest absolute Gasteiger partial charge is 0.485 e. The Morgan fingerprint density at radius 3 is 3.00 bits per heavy atom. The molecule has 22 heavy (non-hydrogen) atoms. The van der Waals surface area contributed by atoms with Gasteiger partial charge >= 0.3 is 0 Å². The molecule has 6 nitrogen and oxygen atoms in total. The van der Waals surface area contributed by atoms with E-state index in [2.05, 4.69) is 25.9 Å². The van der Waals surface area contributed by atoms with Crippen LogP contribution >= 0.6 is 15.9 Å². The SMILES string of the molecule is COc1cc(C=O)c(OCc2nc3ccccn3c2Br)cn1. The van der Waals surface area contributed by atoms with Gasteiger partial charge in [-0.2, -0.15) is 0 Å². The lowest BCUT2D eigenvalue weighted by molar-refractivity contribution is 0.111. The number of fused-ring (bicyclic) bond motifs is 1. The molecule has 0 saturated carbocycles. The average molecular weight is 362 g/mol. The molecule has 0 aliphatic rings. The van der Waals surface area contributed by atoms with Crippen molar-refractivity contribution in [3.63, 3.8) is 0 Å². The number of imidazole rings is 1. The third-order valence-corrected chi connectivity index (χ3v) is 3.95. The lowest BCUT2D eigenvalue weighted by atomic mass is 10.2. The number of rotatable bonds is 5. The Kier molecular flexibility index (Phi) is 4.06. The molecule has 3 aromatic heterocycles. The van der Waals surface area contributed by atoms with Crippen molar-refractivity contribution < 1.29 is 14.3 Å². The number of carbonyl (C=O) groups is 1. The lowest BCUT2D eigenvalue weighted by Crippen LogP contribution is -2.01. The van der Waals surface area contributed by atoms with Gasteiger partial charge in [0.1, 0.15) is 28.3 Å². The Morgan fingerprint density at radius 2 is 2.27 bits per heavy atom. The minimum Gasteiger partial charge on any atom is -0.485 e. The van der Waals surface area contributed by atoms with Crippen molar-refractivity contribution in [1.29, 1.82) is 0 Å². The Hall–Kier alpha value is -2.41. The Bertz CT molecular complexity index is 832. The molecule has 0 spiro atoms. The molecule has 0 aliphatic carbocycles. The van der Waals surface area contributed by atoms with E-state index in [1.807, 2.05) is 28.8 Å². The van der Waals surface area contributed by atoms with E-state index in [1.165, 1.54) is 19.4 Å². The van der Waals surface area contributed by atoms with Crippen LogP contribution in [0.5, 0.6) is 11.6 Å². The summed E-state index contributed by atoms with van der Waals surface area (Å²) < 4.78 is 13.4. The zero-order valence-corrected chi connectivity index (χ0v) is 13.3. The molecule has 0 atom stereocenters. The molecule has 0 saturated heterocycles. The first-order chi connectivity index (χ1) is 10.7. The highest BCUT2D eigenvalue weighted by atomic mass is 79.9. The summed E-state index contributed by atoms with van der Waals surface area (Å²) in [7, 11) is 1.49. The van der Waals surface area contributed by atoms with Gasteiger partial charge in [-0.3, -0.25) is 9.20 Å². The molecule has 0 aliphatic heterocycles. The van der Waals surface area contributed by atoms with Crippen molar-refractivity contribution >= 4 is 27.9 Å². The van der Waals surface area contributed by atoms with Crippen molar-refractivity contribution in [1.82, 2.24) is 14.4 Å². The fourth-order valence-electron chi connectivity index (χ4n) is 2.02. The predicted octanol–water partition coefficient (Wildman–Crippen LogP) is 2.89. The van der Waals surface area contributed by atoms with E-state index in [-0.39, 0.29) is 6.61 Å². The molecule has 7 heteroatoms. The molecule has 0 radical (unpaired) electrons. The van der Waals surface area contributed by atoms with Crippen LogP contribution in [0.25, 0.3) is 5.65 Å². The smallest absolute Gasteiger partial charge is 0.213 e. The second-order valence-electron chi connectivity index (χ2n) is 4.45. The number of nitrogens with zero attached hydrogens (tertiary/aromatic N) is 3. The summed E-state index contributed by atoms with van der Waals surface area (Å²) >= 11 is 3.50. The minimum absolute atomic E-state index is 0.219. The number of methoxy groups -OCH3 is 1. The third-order valence-electron chi connectivity index (χ3n) is 3.11. The van der Waals surface area contributed by atoms with E-state index >= 15 is 0 Å². The van der Waals surface area contributed by atoms with Gasteiger partial charge in [-0.25, -0.2) is 9.97 Å². The van der Waals surface area contributed by atoms with Crippen LogP contribution in [-0.2, 0) is 6.61 Å². The summed E-state index contributed by atoms with van der Waals surface area (Å²) in [5.74, 6) is 0.753. The minimum atomic E-state index is 0.219. The quantitative estimate of drug-likeness (QED) is 0.653. The molecular formula is C15H12BrN3O3. The van der Waals surface area contributed by atoms with Gasteiger partial charge in [-0.05, 0) is 28.1 Å². The van der Waals surface area contributed by atoms with Gasteiger partial charge in [0.25, 0.3) is 0 Å². The summed E-state index contributed by atoms with van der Waals surface area (Å²) in [6.07, 6.45) is 4.08. The van der Waals surface area contributed by atoms with E-state index < -0.39 is 0 Å². The van der Waals surface area contributed by atoms with Gasteiger partial charge < -0.3 is 9.47 Å². The molecule has 0 amide bonds. The highest BCUT2D eigenvalue weighted by Crippen LogP contribution is 2.23. The maximum absolute atomic E-state index is 11.1. The first kappa shape index (κ1) is 14.5. The summed E-state index contributed by atoms with van der Waals surface area (Å²) in [4.78, 5) is 19.6. The number of hydrogen-bond acceptors (Lipinski definition) is 5. The van der Waals surface area contributed by atoms with Crippen LogP contribution in [0.2, 0.25) is 0 Å². The van der Waals surface area contributed by atoms with Crippen LogP contribution in [0, 0.1) is 0 Å². The van der Waals surface area contributed by atoms with E-state index in [4.69, 9.17) is 9.47 Å². The van der Waals surface area contributed by atoms with Crippen molar-refractivity contribution in [2.75, 3.05) is 7.11 Å². The number of pyridine rings is 2. The summed E-state index contributed by atoms with van der Waals surface area (Å²) in [5.41, 5.74) is 1.93. The fraction of sp³-hybridized carbons (Fsp3) is 0.133. The van der Waals surface area contributed by atoms with E-state index in [0.717, 1.165) is 15.9 Å². The molecular weight excluding hydrogens is 350 g/mol. The molecule has 3 heterocycles. The van der Waals surface area contributed by atoms with E-state index in [9.17, 15) is 4.79 Å². The maximum atomic E-state index is 11.1. The molecule has 0 bridgehead atoms. The standard InChI is InChI=1S/C15H12BrN3O3/c1-21-14-6-10(8-20)12(7-17-14)22-9-11-15(16)19-5-3-2-4-13(19)18-11/h2-8H,9H2,1H3. The summed E-state index contributed by atoms with van der Waals surface area (Å²) in [6.45, 7) is 0.219. The van der Waals surface area contributed by atoms with Crippen LogP contribution in [0.3, 0.4) is 0 Å². The zero-order chi connectivity index (χ0) is 15.5. The van der Waals surface area contributed by atoms with Gasteiger partial charge in [0.2, 0.25) is 5.88 Å². The van der Waals surface area contributed by atoms with Gasteiger partial charge in [0.05, 0.1) is 18.9 Å². The first-order valence-electron chi connectivity index (χ1n) is 6.46. The predicted molar refractivity (Wildman–Crippen MR) is 83.4 cm³/mol. The van der Waals surface area contributed by atoms with E-state index in [1.54, 1.807) is 0 Å². The van der Waals surface area contributed by atoms with Crippen LogP contribution in [0.4, 0.5) is 0 Å². The van der Waals surface area contributed by atoms with Gasteiger partial charge in [0, 0.05) is 12.3 Å². The summed E-state index contributed by atoms with van der Waals surface area (Å²) in [6, 6.07) is 7.26. The number of hydrogen-bond donors (Lipinski definition) is 0. The van der Waals surface area contributed by atoms with Crippen molar-refractivity contribution in [3.8, 4) is 11.6 Å². The summed E-state index contributed by atoms with van der Waals surface area (Å²) in [5, 5.41) is 0. The molecule has 0 fully saturated rings. The van der Waals surface area contributed by atoms with Crippen LogP contribution < -0.4 is 9.47 Å². The lowest BCUT2D eigenvalue weighted by Gasteiger charge is -2.08. The molecule has 112 valence electrons. The fourth-order valence-corrected chi connectivity index (χ4v) is 2.52. The number of aldehydes is 1. The van der Waals surface area contributed by atoms with Crippen molar-refractivity contribution in [2.45, 2.75) is 6.61 Å². The molecule has 3 aromatic rings. The van der Waals surface area contributed by atoms with Gasteiger partial charge in [-0.1, -0.05) is 6.07 Å². The number of halogens is 1. The number of aromatic nitrogens is 3. The monoisotopic (exact) mass is 361 g/mol. The van der Waals surface area contributed by atoms with E-state index in [0.29, 0.717) is 23.5 Å². The molecule has 3 rings (SSSR count).